The molecule has 2 aromatic carbocycles. The Bertz CT molecular complexity index is 663. The molecule has 0 heterocycles. The average molecular weight is 340 g/mol. The van der Waals surface area contributed by atoms with Gasteiger partial charge in [-0.1, -0.05) is 24.3 Å². The first-order chi connectivity index (χ1) is 12.0. The number of benzene rings is 2. The molecular weight excluding hydrogens is 312 g/mol. The monoisotopic (exact) mass is 340 g/mol. The maximum atomic E-state index is 12.2. The van der Waals surface area contributed by atoms with Gasteiger partial charge in [-0.15, -0.1) is 0 Å². The minimum atomic E-state index is -0.0145. The molecule has 0 aliphatic heterocycles. The standard InChI is InChI=1S/C21H28N2O2/c1-5-25-20-13-9-18(10-14-20)16(2)22-21(24)15-8-17-6-11-19(12-7-17)23(3)4/h6-7,9-14,16H,5,8,15H2,1-4H3,(H,22,24)/t16-/m0/s1. The molecule has 2 aromatic rings. The Morgan fingerprint density at radius 1 is 1.08 bits per heavy atom. The first-order valence-electron chi connectivity index (χ1n) is 8.78. The van der Waals surface area contributed by atoms with Crippen LogP contribution >= 0.6 is 0 Å². The Labute approximate surface area is 150 Å². The van der Waals surface area contributed by atoms with Crippen molar-refractivity contribution in [3.05, 3.63) is 59.7 Å². The van der Waals surface area contributed by atoms with E-state index in [9.17, 15) is 4.79 Å². The normalized spacial score (nSPS) is 11.7. The summed E-state index contributed by atoms with van der Waals surface area (Å²) in [6, 6.07) is 16.2. The van der Waals surface area contributed by atoms with E-state index >= 15 is 0 Å². The van der Waals surface area contributed by atoms with Crippen molar-refractivity contribution >= 4 is 11.6 Å². The summed E-state index contributed by atoms with van der Waals surface area (Å²) in [4.78, 5) is 14.3. The first-order valence-corrected chi connectivity index (χ1v) is 8.78. The van der Waals surface area contributed by atoms with E-state index in [2.05, 4.69) is 34.5 Å². The molecule has 1 amide bonds. The lowest BCUT2D eigenvalue weighted by Gasteiger charge is -2.15. The van der Waals surface area contributed by atoms with E-state index in [4.69, 9.17) is 4.74 Å². The second-order valence-electron chi connectivity index (χ2n) is 6.35. The Morgan fingerprint density at radius 2 is 1.72 bits per heavy atom. The molecule has 1 N–H and O–H groups in total. The van der Waals surface area contributed by atoms with Gasteiger partial charge in [0.2, 0.25) is 5.91 Å². The highest BCUT2D eigenvalue weighted by atomic mass is 16.5. The number of carbonyl (C=O) groups is 1. The molecule has 0 aliphatic carbocycles. The lowest BCUT2D eigenvalue weighted by molar-refractivity contribution is -0.121. The SMILES string of the molecule is CCOc1ccc([C@H](C)NC(=O)CCc2ccc(N(C)C)cc2)cc1. The number of anilines is 1. The third kappa shape index (κ3) is 5.82. The number of aryl methyl sites for hydroxylation is 1. The number of ether oxygens (including phenoxy) is 1. The molecule has 0 saturated carbocycles. The van der Waals surface area contributed by atoms with Crippen LogP contribution in [0, 0.1) is 0 Å². The summed E-state index contributed by atoms with van der Waals surface area (Å²) in [6.45, 7) is 4.62. The van der Waals surface area contributed by atoms with Crippen molar-refractivity contribution in [3.8, 4) is 5.75 Å². The summed E-state index contributed by atoms with van der Waals surface area (Å²) < 4.78 is 5.44. The van der Waals surface area contributed by atoms with Gasteiger partial charge in [0, 0.05) is 26.2 Å². The molecule has 4 nitrogen and oxygen atoms in total. The van der Waals surface area contributed by atoms with Gasteiger partial charge < -0.3 is 15.0 Å². The molecule has 1 atom stereocenters. The lowest BCUT2D eigenvalue weighted by atomic mass is 10.1. The van der Waals surface area contributed by atoms with E-state index in [1.165, 1.54) is 5.56 Å². The topological polar surface area (TPSA) is 41.6 Å². The summed E-state index contributed by atoms with van der Waals surface area (Å²) in [5.74, 6) is 0.920. The molecule has 4 heteroatoms. The first kappa shape index (κ1) is 18.8. The van der Waals surface area contributed by atoms with Crippen molar-refractivity contribution in [1.29, 1.82) is 0 Å². The molecule has 25 heavy (non-hydrogen) atoms. The van der Waals surface area contributed by atoms with Crippen molar-refractivity contribution in [2.45, 2.75) is 32.7 Å². The van der Waals surface area contributed by atoms with E-state index < -0.39 is 0 Å². The van der Waals surface area contributed by atoms with Gasteiger partial charge in [-0.2, -0.15) is 0 Å². The smallest absolute Gasteiger partial charge is 0.220 e. The van der Waals surface area contributed by atoms with Crippen molar-refractivity contribution in [2.24, 2.45) is 0 Å². The zero-order valence-electron chi connectivity index (χ0n) is 15.6. The fourth-order valence-corrected chi connectivity index (χ4v) is 2.64. The van der Waals surface area contributed by atoms with Crippen LogP contribution in [0.3, 0.4) is 0 Å². The minimum absolute atomic E-state index is 0.0145. The molecular formula is C21H28N2O2. The number of hydrogen-bond acceptors (Lipinski definition) is 3. The Morgan fingerprint density at radius 3 is 2.28 bits per heavy atom. The number of carbonyl (C=O) groups excluding carboxylic acids is 1. The predicted molar refractivity (Wildman–Crippen MR) is 103 cm³/mol. The van der Waals surface area contributed by atoms with Crippen molar-refractivity contribution in [3.63, 3.8) is 0 Å². The van der Waals surface area contributed by atoms with Gasteiger partial charge in [-0.25, -0.2) is 0 Å². The largest absolute Gasteiger partial charge is 0.494 e. The number of amides is 1. The van der Waals surface area contributed by atoms with Crippen LogP contribution in [-0.2, 0) is 11.2 Å². The maximum Gasteiger partial charge on any atom is 0.220 e. The van der Waals surface area contributed by atoms with Gasteiger partial charge in [0.1, 0.15) is 5.75 Å². The number of nitrogens with zero attached hydrogens (tertiary/aromatic N) is 1. The van der Waals surface area contributed by atoms with Crippen LogP contribution in [0.4, 0.5) is 5.69 Å². The molecule has 0 saturated heterocycles. The number of hydrogen-bond donors (Lipinski definition) is 1. The van der Waals surface area contributed by atoms with Gasteiger partial charge in [-0.3, -0.25) is 4.79 Å². The van der Waals surface area contributed by atoms with Gasteiger partial charge in [0.25, 0.3) is 0 Å². The Balaban J connectivity index is 1.82. The lowest BCUT2D eigenvalue weighted by Crippen LogP contribution is -2.26. The van der Waals surface area contributed by atoms with Gasteiger partial charge >= 0.3 is 0 Å². The highest BCUT2D eigenvalue weighted by molar-refractivity contribution is 5.76. The molecule has 2 rings (SSSR count). The van der Waals surface area contributed by atoms with Gasteiger partial charge in [0.15, 0.2) is 0 Å². The number of nitrogens with one attached hydrogen (secondary N) is 1. The van der Waals surface area contributed by atoms with E-state index in [-0.39, 0.29) is 11.9 Å². The maximum absolute atomic E-state index is 12.2. The Kier molecular flexibility index (Phi) is 6.87. The zero-order chi connectivity index (χ0) is 18.2. The van der Waals surface area contributed by atoms with Crippen LogP contribution in [-0.4, -0.2) is 26.6 Å². The van der Waals surface area contributed by atoms with Crippen LogP contribution in [0.15, 0.2) is 48.5 Å². The fourth-order valence-electron chi connectivity index (χ4n) is 2.64. The molecule has 0 spiro atoms. The summed E-state index contributed by atoms with van der Waals surface area (Å²) in [6.07, 6.45) is 1.23. The van der Waals surface area contributed by atoms with Gasteiger partial charge in [-0.05, 0) is 55.7 Å². The van der Waals surface area contributed by atoms with Crippen LogP contribution in [0.2, 0.25) is 0 Å². The third-order valence-electron chi connectivity index (χ3n) is 4.16. The van der Waals surface area contributed by atoms with Crippen LogP contribution in [0.25, 0.3) is 0 Å². The molecule has 0 aromatic heterocycles. The summed E-state index contributed by atoms with van der Waals surface area (Å²) in [7, 11) is 4.04. The summed E-state index contributed by atoms with van der Waals surface area (Å²) in [5.41, 5.74) is 3.42. The second kappa shape index (κ2) is 9.11. The van der Waals surface area contributed by atoms with E-state index in [0.717, 1.165) is 23.4 Å². The van der Waals surface area contributed by atoms with Gasteiger partial charge in [0.05, 0.1) is 12.6 Å². The summed E-state index contributed by atoms with van der Waals surface area (Å²) in [5, 5.41) is 3.06. The molecule has 0 radical (unpaired) electrons. The fraction of sp³-hybridized carbons (Fsp3) is 0.381. The van der Waals surface area contributed by atoms with E-state index in [1.54, 1.807) is 0 Å². The molecule has 0 unspecified atom stereocenters. The summed E-state index contributed by atoms with van der Waals surface area (Å²) >= 11 is 0. The van der Waals surface area contributed by atoms with Crippen molar-refractivity contribution < 1.29 is 9.53 Å². The number of rotatable bonds is 8. The highest BCUT2D eigenvalue weighted by Crippen LogP contribution is 2.18. The van der Waals surface area contributed by atoms with Crippen LogP contribution < -0.4 is 15.0 Å². The minimum Gasteiger partial charge on any atom is -0.494 e. The van der Waals surface area contributed by atoms with Crippen molar-refractivity contribution in [1.82, 2.24) is 5.32 Å². The zero-order valence-corrected chi connectivity index (χ0v) is 15.6. The van der Waals surface area contributed by atoms with Crippen LogP contribution in [0.5, 0.6) is 5.75 Å². The molecule has 134 valence electrons. The third-order valence-corrected chi connectivity index (χ3v) is 4.16. The predicted octanol–water partition coefficient (Wildman–Crippen LogP) is 3.96. The molecule has 0 fully saturated rings. The average Bonchev–Trinajstić information content (AvgIpc) is 2.61. The second-order valence-corrected chi connectivity index (χ2v) is 6.35. The van der Waals surface area contributed by atoms with Crippen molar-refractivity contribution in [2.75, 3.05) is 25.6 Å². The van der Waals surface area contributed by atoms with E-state index in [1.807, 2.05) is 52.2 Å². The molecule has 0 bridgehead atoms. The quantitative estimate of drug-likeness (QED) is 0.791. The Hall–Kier alpha value is -2.49. The van der Waals surface area contributed by atoms with E-state index in [0.29, 0.717) is 13.0 Å². The molecule has 0 aliphatic rings. The van der Waals surface area contributed by atoms with Crippen LogP contribution in [0.1, 0.15) is 37.4 Å². The highest BCUT2D eigenvalue weighted by Gasteiger charge is 2.10.